The van der Waals surface area contributed by atoms with Crippen LogP contribution in [0, 0.1) is 18.3 Å². The van der Waals surface area contributed by atoms with Crippen molar-refractivity contribution in [3.05, 3.63) is 76.4 Å². The number of carbonyl (C=O) groups excluding carboxylic acids is 3. The predicted molar refractivity (Wildman–Crippen MR) is 164 cm³/mol. The van der Waals surface area contributed by atoms with E-state index >= 15 is 4.39 Å². The van der Waals surface area contributed by atoms with E-state index in [-0.39, 0.29) is 24.9 Å². The molecule has 10 heteroatoms. The SMILES string of the molecule is Cc1ncsc1-c1ccc(C(NC(=O)[C@@H]2[C@@H](F)[C@@H](O)CN2C(=O)[C@H](C(C)C)N2Cc3ccccc3C2=O)C(C)(C)C)cc1. The van der Waals surface area contributed by atoms with Gasteiger partial charge in [-0.25, -0.2) is 9.37 Å². The molecule has 228 valence electrons. The number of aromatic nitrogens is 1. The van der Waals surface area contributed by atoms with Crippen molar-refractivity contribution in [3.63, 3.8) is 0 Å². The van der Waals surface area contributed by atoms with Gasteiger partial charge in [-0.15, -0.1) is 11.3 Å². The number of amides is 3. The van der Waals surface area contributed by atoms with E-state index in [4.69, 9.17) is 0 Å². The second kappa shape index (κ2) is 11.8. The minimum absolute atomic E-state index is 0.249. The van der Waals surface area contributed by atoms with Crippen LogP contribution in [0.4, 0.5) is 4.39 Å². The maximum Gasteiger partial charge on any atom is 0.255 e. The number of β-amino-alcohol motifs (C(OH)–C–C–N with tert-alkyl or cyclic N) is 1. The Morgan fingerprint density at radius 1 is 1.12 bits per heavy atom. The molecule has 1 saturated heterocycles. The number of hydrogen-bond donors (Lipinski definition) is 2. The van der Waals surface area contributed by atoms with Gasteiger partial charge in [0.1, 0.15) is 18.2 Å². The molecule has 43 heavy (non-hydrogen) atoms. The third kappa shape index (κ3) is 5.82. The number of fused-ring (bicyclic) bond motifs is 1. The summed E-state index contributed by atoms with van der Waals surface area (Å²) in [6.07, 6.45) is -3.49. The van der Waals surface area contributed by atoms with E-state index in [0.717, 1.165) is 32.2 Å². The third-order valence-electron chi connectivity index (χ3n) is 8.41. The van der Waals surface area contributed by atoms with Gasteiger partial charge in [-0.1, -0.05) is 77.1 Å². The molecule has 2 aromatic carbocycles. The Morgan fingerprint density at radius 3 is 2.37 bits per heavy atom. The first-order chi connectivity index (χ1) is 20.3. The van der Waals surface area contributed by atoms with Gasteiger partial charge in [0.2, 0.25) is 11.8 Å². The van der Waals surface area contributed by atoms with Crippen LogP contribution in [0.15, 0.2) is 54.0 Å². The Labute approximate surface area is 255 Å². The molecule has 5 atom stereocenters. The van der Waals surface area contributed by atoms with Crippen molar-refractivity contribution in [2.75, 3.05) is 6.54 Å². The van der Waals surface area contributed by atoms with Gasteiger partial charge in [0, 0.05) is 12.1 Å². The average molecular weight is 607 g/mol. The molecule has 3 heterocycles. The molecule has 0 saturated carbocycles. The fourth-order valence-corrected chi connectivity index (χ4v) is 7.01. The number of carbonyl (C=O) groups is 3. The molecule has 2 N–H and O–H groups in total. The molecule has 2 aliphatic rings. The van der Waals surface area contributed by atoms with Gasteiger partial charge >= 0.3 is 0 Å². The second-order valence-corrected chi connectivity index (χ2v) is 13.8. The van der Waals surface area contributed by atoms with Crippen molar-refractivity contribution in [2.24, 2.45) is 11.3 Å². The lowest BCUT2D eigenvalue weighted by molar-refractivity contribution is -0.144. The Bertz CT molecular complexity index is 1520. The minimum Gasteiger partial charge on any atom is -0.388 e. The summed E-state index contributed by atoms with van der Waals surface area (Å²) in [6, 6.07) is 12.1. The van der Waals surface area contributed by atoms with Crippen LogP contribution in [0.25, 0.3) is 10.4 Å². The van der Waals surface area contributed by atoms with Crippen LogP contribution in [0.5, 0.6) is 0 Å². The molecule has 0 radical (unpaired) electrons. The summed E-state index contributed by atoms with van der Waals surface area (Å²) in [5, 5.41) is 13.5. The average Bonchev–Trinajstić information content (AvgIpc) is 3.62. The van der Waals surface area contributed by atoms with E-state index in [1.807, 2.05) is 77.9 Å². The van der Waals surface area contributed by atoms with E-state index in [1.165, 1.54) is 4.90 Å². The lowest BCUT2D eigenvalue weighted by Gasteiger charge is -2.37. The smallest absolute Gasteiger partial charge is 0.255 e. The number of aliphatic hydroxyl groups is 1. The molecule has 1 unspecified atom stereocenters. The summed E-state index contributed by atoms with van der Waals surface area (Å²) in [5.74, 6) is -1.82. The molecular weight excluding hydrogens is 567 g/mol. The number of benzene rings is 2. The monoisotopic (exact) mass is 606 g/mol. The number of likely N-dealkylation sites (tertiary alicyclic amines) is 1. The van der Waals surface area contributed by atoms with Crippen LogP contribution in [-0.4, -0.2) is 68.5 Å². The summed E-state index contributed by atoms with van der Waals surface area (Å²) in [4.78, 5) is 49.2. The lowest BCUT2D eigenvalue weighted by Crippen LogP contribution is -2.57. The van der Waals surface area contributed by atoms with Crippen LogP contribution in [0.2, 0.25) is 0 Å². The van der Waals surface area contributed by atoms with Crippen LogP contribution >= 0.6 is 11.3 Å². The molecule has 0 bridgehead atoms. The van der Waals surface area contributed by atoms with Crippen LogP contribution < -0.4 is 5.32 Å². The van der Waals surface area contributed by atoms with Gasteiger partial charge in [0.05, 0.1) is 28.7 Å². The van der Waals surface area contributed by atoms with Crippen LogP contribution in [-0.2, 0) is 16.1 Å². The first kappa shape index (κ1) is 30.8. The number of hydrogen-bond acceptors (Lipinski definition) is 6. The van der Waals surface area contributed by atoms with Crippen molar-refractivity contribution >= 4 is 29.1 Å². The first-order valence-electron chi connectivity index (χ1n) is 14.6. The zero-order valence-electron chi connectivity index (χ0n) is 25.4. The van der Waals surface area contributed by atoms with Crippen molar-refractivity contribution in [1.82, 2.24) is 20.1 Å². The number of nitrogens with one attached hydrogen (secondary N) is 1. The van der Waals surface area contributed by atoms with E-state index < -0.39 is 47.6 Å². The summed E-state index contributed by atoms with van der Waals surface area (Å²) in [6.45, 7) is 11.4. The fourth-order valence-electron chi connectivity index (χ4n) is 6.19. The van der Waals surface area contributed by atoms with Gasteiger partial charge in [0.15, 0.2) is 6.17 Å². The fraction of sp³-hybridized carbons (Fsp3) is 0.455. The highest BCUT2D eigenvalue weighted by Gasteiger charge is 2.51. The quantitative estimate of drug-likeness (QED) is 0.398. The van der Waals surface area contributed by atoms with Crippen molar-refractivity contribution in [3.8, 4) is 10.4 Å². The van der Waals surface area contributed by atoms with E-state index in [1.54, 1.807) is 29.0 Å². The standard InChI is InChI=1S/C33H39FN4O4S/c1-18(2)26(37-15-22-9-7-8-10-23(22)31(37)41)32(42)38-16-24(39)25(34)27(38)30(40)36-29(33(4,5)6)21-13-11-20(12-14-21)28-19(3)35-17-43-28/h7-14,17-18,24-27,29,39H,15-16H2,1-6H3,(H,36,40)/t24-,25-,26-,27-,29?/m0/s1. The number of rotatable bonds is 7. The normalized spacial score (nSPS) is 21.7. The van der Waals surface area contributed by atoms with E-state index in [2.05, 4.69) is 10.3 Å². The van der Waals surface area contributed by atoms with E-state index in [9.17, 15) is 19.5 Å². The first-order valence-corrected chi connectivity index (χ1v) is 15.5. The Kier molecular flexibility index (Phi) is 8.46. The molecule has 1 aromatic heterocycles. The molecule has 0 spiro atoms. The Morgan fingerprint density at radius 2 is 1.79 bits per heavy atom. The summed E-state index contributed by atoms with van der Waals surface area (Å²) >= 11 is 1.55. The zero-order chi connectivity index (χ0) is 31.2. The largest absolute Gasteiger partial charge is 0.388 e. The highest BCUT2D eigenvalue weighted by atomic mass is 32.1. The van der Waals surface area contributed by atoms with Gasteiger partial charge in [-0.2, -0.15) is 0 Å². The van der Waals surface area contributed by atoms with E-state index in [0.29, 0.717) is 5.56 Å². The molecular formula is C33H39FN4O4S. The molecule has 5 rings (SSSR count). The molecule has 2 aliphatic heterocycles. The third-order valence-corrected chi connectivity index (χ3v) is 9.39. The Hall–Kier alpha value is -3.63. The molecule has 0 aliphatic carbocycles. The van der Waals surface area contributed by atoms with Gasteiger partial charge in [-0.05, 0) is 41.0 Å². The Balaban J connectivity index is 1.40. The number of thiazole rings is 1. The van der Waals surface area contributed by atoms with Gasteiger partial charge in [0.25, 0.3) is 5.91 Å². The number of aryl methyl sites for hydroxylation is 1. The molecule has 1 fully saturated rings. The summed E-state index contributed by atoms with van der Waals surface area (Å²) < 4.78 is 15.6. The van der Waals surface area contributed by atoms with Crippen molar-refractivity contribution in [2.45, 2.75) is 78.5 Å². The number of alkyl halides is 1. The molecule has 8 nitrogen and oxygen atoms in total. The summed E-state index contributed by atoms with van der Waals surface area (Å²) in [5.41, 5.74) is 5.48. The minimum atomic E-state index is -1.97. The van der Waals surface area contributed by atoms with Crippen LogP contribution in [0.1, 0.15) is 67.8 Å². The molecule has 3 aromatic rings. The zero-order valence-corrected chi connectivity index (χ0v) is 26.2. The molecule has 3 amide bonds. The summed E-state index contributed by atoms with van der Waals surface area (Å²) in [7, 11) is 0. The lowest BCUT2D eigenvalue weighted by atomic mass is 9.82. The second-order valence-electron chi connectivity index (χ2n) is 12.9. The van der Waals surface area contributed by atoms with Crippen LogP contribution in [0.3, 0.4) is 0 Å². The van der Waals surface area contributed by atoms with Gasteiger partial charge < -0.3 is 20.2 Å². The number of aliphatic hydroxyl groups excluding tert-OH is 1. The predicted octanol–water partition coefficient (Wildman–Crippen LogP) is 4.91. The maximum absolute atomic E-state index is 15.6. The topological polar surface area (TPSA) is 103 Å². The highest BCUT2D eigenvalue weighted by Crippen LogP contribution is 2.36. The van der Waals surface area contributed by atoms with Crippen molar-refractivity contribution in [1.29, 1.82) is 0 Å². The van der Waals surface area contributed by atoms with Gasteiger partial charge in [-0.3, -0.25) is 14.4 Å². The maximum atomic E-state index is 15.6. The highest BCUT2D eigenvalue weighted by molar-refractivity contribution is 7.13. The number of nitrogens with zero attached hydrogens (tertiary/aromatic N) is 3. The van der Waals surface area contributed by atoms with Crippen molar-refractivity contribution < 1.29 is 23.9 Å². The number of halogens is 1.